The maximum Gasteiger partial charge on any atom is 0.0636 e. The summed E-state index contributed by atoms with van der Waals surface area (Å²) in [5.74, 6) is 0. The lowest BCUT2D eigenvalue weighted by atomic mass is 9.82. The van der Waals surface area contributed by atoms with Gasteiger partial charge in [0.15, 0.2) is 0 Å². The second kappa shape index (κ2) is 5.91. The first kappa shape index (κ1) is 14.6. The van der Waals surface area contributed by atoms with Gasteiger partial charge in [0.2, 0.25) is 0 Å². The van der Waals surface area contributed by atoms with Crippen molar-refractivity contribution < 1.29 is 0 Å². The first-order valence-corrected chi connectivity index (χ1v) is 7.15. The molecular weight excluding hydrogens is 228 g/mol. The first-order valence-electron chi connectivity index (χ1n) is 6.72. The van der Waals surface area contributed by atoms with Crippen LogP contribution in [0.25, 0.3) is 0 Å². The predicted molar refractivity (Wildman–Crippen MR) is 77.9 cm³/mol. The van der Waals surface area contributed by atoms with Crippen molar-refractivity contribution in [3.8, 4) is 0 Å². The van der Waals surface area contributed by atoms with Crippen molar-refractivity contribution in [2.45, 2.75) is 59.3 Å². The minimum atomic E-state index is 0.101. The highest BCUT2D eigenvalue weighted by atomic mass is 35.5. The average molecular weight is 253 g/mol. The van der Waals surface area contributed by atoms with Crippen molar-refractivity contribution >= 4 is 11.6 Å². The molecule has 0 aliphatic heterocycles. The molecule has 0 bridgehead atoms. The lowest BCUT2D eigenvalue weighted by molar-refractivity contribution is 0.336. The Morgan fingerprint density at radius 1 is 1.06 bits per heavy atom. The highest BCUT2D eigenvalue weighted by Crippen LogP contribution is 2.41. The van der Waals surface area contributed by atoms with E-state index in [4.69, 9.17) is 11.6 Å². The van der Waals surface area contributed by atoms with Crippen molar-refractivity contribution in [3.05, 3.63) is 34.9 Å². The first-order chi connectivity index (χ1) is 7.96. The number of rotatable bonds is 5. The molecular formula is C16H25Cl. The lowest BCUT2D eigenvalue weighted by Gasteiger charge is -2.29. The number of hydrogen-bond acceptors (Lipinski definition) is 0. The second-order valence-electron chi connectivity index (χ2n) is 5.44. The molecule has 17 heavy (non-hydrogen) atoms. The molecule has 0 spiro atoms. The minimum Gasteiger partial charge on any atom is -0.117 e. The van der Waals surface area contributed by atoms with E-state index < -0.39 is 0 Å². The zero-order valence-electron chi connectivity index (χ0n) is 11.8. The molecule has 0 aliphatic carbocycles. The van der Waals surface area contributed by atoms with Crippen molar-refractivity contribution in [2.24, 2.45) is 5.41 Å². The van der Waals surface area contributed by atoms with E-state index in [2.05, 4.69) is 52.8 Å². The van der Waals surface area contributed by atoms with Gasteiger partial charge >= 0.3 is 0 Å². The van der Waals surface area contributed by atoms with Crippen LogP contribution in [0.15, 0.2) is 18.2 Å². The molecule has 0 saturated heterocycles. The second-order valence-corrected chi connectivity index (χ2v) is 5.88. The van der Waals surface area contributed by atoms with E-state index in [0.717, 1.165) is 19.3 Å². The van der Waals surface area contributed by atoms with Crippen LogP contribution in [0.2, 0.25) is 0 Å². The molecule has 1 aromatic carbocycles. The van der Waals surface area contributed by atoms with Crippen LogP contribution >= 0.6 is 11.6 Å². The standard InChI is InChI=1S/C16H25Cl/c1-6-12-9-10-14(11-13(12)7-2)15(17)16(4,5)8-3/h9-11,15H,6-8H2,1-5H3. The molecule has 1 heteroatoms. The van der Waals surface area contributed by atoms with E-state index in [9.17, 15) is 0 Å². The van der Waals surface area contributed by atoms with Crippen LogP contribution in [-0.4, -0.2) is 0 Å². The van der Waals surface area contributed by atoms with Gasteiger partial charge in [0.25, 0.3) is 0 Å². The topological polar surface area (TPSA) is 0 Å². The summed E-state index contributed by atoms with van der Waals surface area (Å²) < 4.78 is 0. The molecule has 1 atom stereocenters. The molecule has 0 heterocycles. The van der Waals surface area contributed by atoms with Crippen LogP contribution in [-0.2, 0) is 12.8 Å². The molecule has 0 fully saturated rings. The van der Waals surface area contributed by atoms with Gasteiger partial charge in [-0.25, -0.2) is 0 Å². The fourth-order valence-electron chi connectivity index (χ4n) is 2.11. The summed E-state index contributed by atoms with van der Waals surface area (Å²) in [7, 11) is 0. The summed E-state index contributed by atoms with van der Waals surface area (Å²) in [6.45, 7) is 11.1. The van der Waals surface area contributed by atoms with Gasteiger partial charge < -0.3 is 0 Å². The monoisotopic (exact) mass is 252 g/mol. The van der Waals surface area contributed by atoms with Gasteiger partial charge in [-0.05, 0) is 41.4 Å². The fourth-order valence-corrected chi connectivity index (χ4v) is 2.40. The molecule has 1 rings (SSSR count). The molecule has 1 unspecified atom stereocenters. The van der Waals surface area contributed by atoms with Gasteiger partial charge in [0.1, 0.15) is 0 Å². The average Bonchev–Trinajstić information content (AvgIpc) is 2.36. The largest absolute Gasteiger partial charge is 0.117 e. The Hall–Kier alpha value is -0.490. The number of aryl methyl sites for hydroxylation is 2. The van der Waals surface area contributed by atoms with Gasteiger partial charge in [-0.1, -0.05) is 52.8 Å². The van der Waals surface area contributed by atoms with Crippen LogP contribution in [0, 0.1) is 5.41 Å². The number of benzene rings is 1. The molecule has 0 aliphatic rings. The Morgan fingerprint density at radius 2 is 1.65 bits per heavy atom. The Kier molecular flexibility index (Phi) is 5.06. The Labute approximate surface area is 111 Å². The van der Waals surface area contributed by atoms with Crippen LogP contribution in [0.5, 0.6) is 0 Å². The lowest BCUT2D eigenvalue weighted by Crippen LogP contribution is -2.17. The van der Waals surface area contributed by atoms with Crippen molar-refractivity contribution in [1.29, 1.82) is 0 Å². The minimum absolute atomic E-state index is 0.101. The summed E-state index contributed by atoms with van der Waals surface area (Å²) in [6, 6.07) is 6.75. The third-order valence-corrected chi connectivity index (χ3v) is 4.72. The summed E-state index contributed by atoms with van der Waals surface area (Å²) in [4.78, 5) is 0. The Bertz CT molecular complexity index is 366. The third-order valence-electron chi connectivity index (χ3n) is 3.88. The molecule has 0 amide bonds. The predicted octanol–water partition coefficient (Wildman–Crippen LogP) is 5.53. The highest BCUT2D eigenvalue weighted by Gasteiger charge is 2.27. The maximum absolute atomic E-state index is 6.62. The van der Waals surface area contributed by atoms with E-state index >= 15 is 0 Å². The molecule has 0 saturated carbocycles. The van der Waals surface area contributed by atoms with E-state index in [1.54, 1.807) is 0 Å². The van der Waals surface area contributed by atoms with E-state index in [0.29, 0.717) is 0 Å². The van der Waals surface area contributed by atoms with Crippen LogP contribution in [0.4, 0.5) is 0 Å². The van der Waals surface area contributed by atoms with E-state index in [1.165, 1.54) is 16.7 Å². The zero-order valence-corrected chi connectivity index (χ0v) is 12.6. The summed E-state index contributed by atoms with van der Waals surface area (Å²) in [5, 5.41) is 0.101. The normalized spacial score (nSPS) is 13.8. The van der Waals surface area contributed by atoms with Gasteiger partial charge in [0.05, 0.1) is 5.38 Å². The van der Waals surface area contributed by atoms with Gasteiger partial charge in [0, 0.05) is 0 Å². The summed E-state index contributed by atoms with van der Waals surface area (Å²) >= 11 is 6.62. The molecule has 96 valence electrons. The van der Waals surface area contributed by atoms with Crippen molar-refractivity contribution in [2.75, 3.05) is 0 Å². The molecule has 0 N–H and O–H groups in total. The van der Waals surface area contributed by atoms with Crippen LogP contribution in [0.3, 0.4) is 0 Å². The van der Waals surface area contributed by atoms with Gasteiger partial charge in [-0.2, -0.15) is 0 Å². The Morgan fingerprint density at radius 3 is 2.12 bits per heavy atom. The quantitative estimate of drug-likeness (QED) is 0.605. The van der Waals surface area contributed by atoms with Gasteiger partial charge in [-0.15, -0.1) is 11.6 Å². The van der Waals surface area contributed by atoms with Crippen molar-refractivity contribution in [1.82, 2.24) is 0 Å². The molecule has 0 nitrogen and oxygen atoms in total. The van der Waals surface area contributed by atoms with Gasteiger partial charge in [-0.3, -0.25) is 0 Å². The van der Waals surface area contributed by atoms with Crippen molar-refractivity contribution in [3.63, 3.8) is 0 Å². The highest BCUT2D eigenvalue weighted by molar-refractivity contribution is 6.21. The van der Waals surface area contributed by atoms with E-state index in [1.807, 2.05) is 0 Å². The molecule has 0 radical (unpaired) electrons. The fraction of sp³-hybridized carbons (Fsp3) is 0.625. The van der Waals surface area contributed by atoms with Crippen LogP contribution in [0.1, 0.15) is 63.1 Å². The molecule has 0 aromatic heterocycles. The third kappa shape index (κ3) is 3.25. The SMILES string of the molecule is CCc1ccc(C(Cl)C(C)(C)CC)cc1CC. The zero-order chi connectivity index (χ0) is 13.1. The number of alkyl halides is 1. The number of halogens is 1. The van der Waals surface area contributed by atoms with E-state index in [-0.39, 0.29) is 10.8 Å². The smallest absolute Gasteiger partial charge is 0.0636 e. The summed E-state index contributed by atoms with van der Waals surface area (Å²) in [5.41, 5.74) is 4.32. The maximum atomic E-state index is 6.62. The number of hydrogen-bond donors (Lipinski definition) is 0. The molecule has 1 aromatic rings. The van der Waals surface area contributed by atoms with Crippen LogP contribution < -0.4 is 0 Å². The summed E-state index contributed by atoms with van der Waals surface area (Å²) in [6.07, 6.45) is 3.29. The Balaban J connectivity index is 3.07.